The molecule has 0 bridgehead atoms. The van der Waals surface area contributed by atoms with Crippen LogP contribution in [-0.4, -0.2) is 15.8 Å². The van der Waals surface area contributed by atoms with Crippen molar-refractivity contribution in [3.63, 3.8) is 0 Å². The fraction of sp³-hybridized carbons (Fsp3) is 0.429. The molecule has 0 unspecified atom stereocenters. The highest BCUT2D eigenvalue weighted by Gasteiger charge is 2.01. The number of nitrogens with zero attached hydrogens (tertiary/aromatic N) is 2. The summed E-state index contributed by atoms with van der Waals surface area (Å²) in [6, 6.07) is 0. The van der Waals surface area contributed by atoms with Crippen LogP contribution >= 0.6 is 0 Å². The number of aromatic nitrogens is 2. The molecular formula is C7H11N3. The predicted molar refractivity (Wildman–Crippen MR) is 40.5 cm³/mol. The van der Waals surface area contributed by atoms with Crippen LogP contribution in [0.15, 0.2) is 6.33 Å². The Morgan fingerprint density at radius 1 is 1.80 bits per heavy atom. The molecule has 0 saturated carbocycles. The van der Waals surface area contributed by atoms with Gasteiger partial charge in [-0.1, -0.05) is 6.92 Å². The van der Waals surface area contributed by atoms with E-state index in [4.69, 9.17) is 5.41 Å². The topological polar surface area (TPSA) is 41.7 Å². The second-order valence-electron chi connectivity index (χ2n) is 2.19. The Morgan fingerprint density at radius 3 is 2.90 bits per heavy atom. The summed E-state index contributed by atoms with van der Waals surface area (Å²) in [6.45, 7) is 2.06. The molecule has 54 valence electrons. The molecule has 0 spiro atoms. The van der Waals surface area contributed by atoms with Gasteiger partial charge in [0.05, 0.1) is 6.33 Å². The largest absolute Gasteiger partial charge is 0.337 e. The first kappa shape index (κ1) is 6.99. The number of nitrogens with one attached hydrogen (secondary N) is 1. The van der Waals surface area contributed by atoms with Crippen LogP contribution < -0.4 is 0 Å². The Kier molecular flexibility index (Phi) is 1.85. The Labute approximate surface area is 60.2 Å². The molecule has 1 heterocycles. The van der Waals surface area contributed by atoms with E-state index in [2.05, 4.69) is 11.9 Å². The first-order valence-corrected chi connectivity index (χ1v) is 3.30. The van der Waals surface area contributed by atoms with Gasteiger partial charge in [-0.25, -0.2) is 4.98 Å². The van der Waals surface area contributed by atoms with Crippen molar-refractivity contribution in [2.24, 2.45) is 7.05 Å². The molecule has 0 fully saturated rings. The third-order valence-corrected chi connectivity index (χ3v) is 1.56. The van der Waals surface area contributed by atoms with Crippen molar-refractivity contribution >= 4 is 6.21 Å². The van der Waals surface area contributed by atoms with Crippen LogP contribution in [0.3, 0.4) is 0 Å². The van der Waals surface area contributed by atoms with E-state index in [1.165, 1.54) is 6.21 Å². The average Bonchev–Trinajstić information content (AvgIpc) is 2.30. The van der Waals surface area contributed by atoms with Gasteiger partial charge in [0.2, 0.25) is 0 Å². The lowest BCUT2D eigenvalue weighted by molar-refractivity contribution is 0.832. The number of aryl methyl sites for hydroxylation is 1. The molecule has 1 N–H and O–H groups in total. The van der Waals surface area contributed by atoms with E-state index in [0.717, 1.165) is 17.8 Å². The van der Waals surface area contributed by atoms with Gasteiger partial charge in [-0.15, -0.1) is 0 Å². The first-order chi connectivity index (χ1) is 4.79. The Balaban J connectivity index is 3.12. The van der Waals surface area contributed by atoms with Crippen LogP contribution in [0, 0.1) is 5.41 Å². The zero-order valence-electron chi connectivity index (χ0n) is 6.26. The van der Waals surface area contributed by atoms with Gasteiger partial charge in [0, 0.05) is 19.0 Å². The second-order valence-corrected chi connectivity index (χ2v) is 2.19. The fourth-order valence-electron chi connectivity index (χ4n) is 1.02. The average molecular weight is 137 g/mol. The minimum atomic E-state index is 0.782. The molecule has 10 heavy (non-hydrogen) atoms. The second kappa shape index (κ2) is 2.64. The number of hydrogen-bond donors (Lipinski definition) is 1. The van der Waals surface area contributed by atoms with Gasteiger partial charge >= 0.3 is 0 Å². The van der Waals surface area contributed by atoms with Gasteiger partial charge < -0.3 is 9.98 Å². The highest BCUT2D eigenvalue weighted by atomic mass is 15.0. The van der Waals surface area contributed by atoms with Gasteiger partial charge in [-0.05, 0) is 6.42 Å². The van der Waals surface area contributed by atoms with Crippen molar-refractivity contribution < 1.29 is 0 Å². The summed E-state index contributed by atoms with van der Waals surface area (Å²) in [7, 11) is 1.94. The lowest BCUT2D eigenvalue weighted by Crippen LogP contribution is -1.95. The molecule has 0 aromatic carbocycles. The van der Waals surface area contributed by atoms with E-state index in [0.29, 0.717) is 0 Å². The van der Waals surface area contributed by atoms with E-state index in [1.807, 2.05) is 11.6 Å². The third-order valence-electron chi connectivity index (χ3n) is 1.56. The van der Waals surface area contributed by atoms with Gasteiger partial charge in [0.15, 0.2) is 0 Å². The molecule has 0 saturated heterocycles. The van der Waals surface area contributed by atoms with Gasteiger partial charge in [-0.2, -0.15) is 0 Å². The van der Waals surface area contributed by atoms with Gasteiger partial charge in [0.1, 0.15) is 5.69 Å². The van der Waals surface area contributed by atoms with Crippen LogP contribution in [0.4, 0.5) is 0 Å². The normalized spacial score (nSPS) is 9.80. The van der Waals surface area contributed by atoms with Crippen molar-refractivity contribution in [3.05, 3.63) is 17.7 Å². The van der Waals surface area contributed by atoms with Crippen LogP contribution in [0.25, 0.3) is 0 Å². The summed E-state index contributed by atoms with van der Waals surface area (Å²) in [5, 5.41) is 7.00. The highest BCUT2D eigenvalue weighted by molar-refractivity contribution is 5.75. The van der Waals surface area contributed by atoms with Gasteiger partial charge in [-0.3, -0.25) is 0 Å². The molecule has 1 aromatic heterocycles. The number of imidazole rings is 1. The Bertz CT molecular complexity index is 237. The maximum Gasteiger partial charge on any atom is 0.102 e. The van der Waals surface area contributed by atoms with Crippen molar-refractivity contribution in [1.29, 1.82) is 5.41 Å². The summed E-state index contributed by atoms with van der Waals surface area (Å²) in [4.78, 5) is 4.02. The van der Waals surface area contributed by atoms with Crippen molar-refractivity contribution in [3.8, 4) is 0 Å². The monoisotopic (exact) mass is 137 g/mol. The quantitative estimate of drug-likeness (QED) is 0.606. The maximum atomic E-state index is 7.00. The molecule has 0 radical (unpaired) electrons. The smallest absolute Gasteiger partial charge is 0.102 e. The van der Waals surface area contributed by atoms with E-state index >= 15 is 0 Å². The van der Waals surface area contributed by atoms with Crippen LogP contribution in [0.1, 0.15) is 18.3 Å². The highest BCUT2D eigenvalue weighted by Crippen LogP contribution is 2.02. The predicted octanol–water partition coefficient (Wildman–Crippen LogP) is 0.980. The molecule has 0 aliphatic carbocycles. The third kappa shape index (κ3) is 0.943. The minimum Gasteiger partial charge on any atom is -0.337 e. The maximum absolute atomic E-state index is 7.00. The number of hydrogen-bond acceptors (Lipinski definition) is 2. The van der Waals surface area contributed by atoms with Crippen LogP contribution in [0.2, 0.25) is 0 Å². The molecule has 0 aliphatic heterocycles. The Morgan fingerprint density at radius 2 is 2.50 bits per heavy atom. The molecule has 1 aromatic rings. The number of rotatable bonds is 2. The summed E-state index contributed by atoms with van der Waals surface area (Å²) < 4.78 is 1.94. The van der Waals surface area contributed by atoms with Crippen LogP contribution in [-0.2, 0) is 13.5 Å². The lowest BCUT2D eigenvalue weighted by atomic mass is 10.3. The van der Waals surface area contributed by atoms with Crippen molar-refractivity contribution in [2.75, 3.05) is 0 Å². The minimum absolute atomic E-state index is 0.782. The molecule has 0 amide bonds. The fourth-order valence-corrected chi connectivity index (χ4v) is 1.02. The SMILES string of the molecule is CCc1c(C=N)ncn1C. The lowest BCUT2D eigenvalue weighted by Gasteiger charge is -1.96. The van der Waals surface area contributed by atoms with Crippen molar-refractivity contribution in [1.82, 2.24) is 9.55 Å². The molecule has 3 nitrogen and oxygen atoms in total. The molecular weight excluding hydrogens is 126 g/mol. The summed E-state index contributed by atoms with van der Waals surface area (Å²) in [6.07, 6.45) is 3.96. The van der Waals surface area contributed by atoms with E-state index in [1.54, 1.807) is 6.33 Å². The summed E-state index contributed by atoms with van der Waals surface area (Å²) in [5.41, 5.74) is 1.90. The molecule has 0 aliphatic rings. The van der Waals surface area contributed by atoms with Gasteiger partial charge in [0.25, 0.3) is 0 Å². The van der Waals surface area contributed by atoms with Crippen molar-refractivity contribution in [2.45, 2.75) is 13.3 Å². The first-order valence-electron chi connectivity index (χ1n) is 3.30. The van der Waals surface area contributed by atoms with Crippen LogP contribution in [0.5, 0.6) is 0 Å². The molecule has 0 atom stereocenters. The zero-order valence-corrected chi connectivity index (χ0v) is 6.26. The zero-order chi connectivity index (χ0) is 7.56. The van der Waals surface area contributed by atoms with E-state index in [-0.39, 0.29) is 0 Å². The Hall–Kier alpha value is -1.12. The van der Waals surface area contributed by atoms with E-state index in [9.17, 15) is 0 Å². The standard InChI is InChI=1S/C7H11N3/c1-3-7-6(4-8)9-5-10(7)2/h4-5,8H,3H2,1-2H3. The summed E-state index contributed by atoms with van der Waals surface area (Å²) in [5.74, 6) is 0. The summed E-state index contributed by atoms with van der Waals surface area (Å²) >= 11 is 0. The van der Waals surface area contributed by atoms with E-state index < -0.39 is 0 Å². The molecule has 1 rings (SSSR count). The molecule has 3 heteroatoms.